The summed E-state index contributed by atoms with van der Waals surface area (Å²) in [5.74, 6) is 0. The van der Waals surface area contributed by atoms with E-state index >= 15 is 0 Å². The van der Waals surface area contributed by atoms with Gasteiger partial charge in [0.15, 0.2) is 0 Å². The molecule has 1 unspecified atom stereocenters. The molecule has 0 saturated carbocycles. The number of rotatable bonds is 3. The molecule has 2 aromatic heterocycles. The van der Waals surface area contributed by atoms with E-state index in [1.54, 1.807) is 22.7 Å². The van der Waals surface area contributed by atoms with Crippen molar-refractivity contribution >= 4 is 22.7 Å². The van der Waals surface area contributed by atoms with E-state index in [2.05, 4.69) is 31.1 Å². The van der Waals surface area contributed by atoms with Crippen LogP contribution in [-0.4, -0.2) is 10.1 Å². The Kier molecular flexibility index (Phi) is 3.66. The third-order valence-corrected chi connectivity index (χ3v) is 4.19. The quantitative estimate of drug-likeness (QED) is 0.918. The van der Waals surface area contributed by atoms with Crippen LogP contribution in [0.3, 0.4) is 0 Å². The van der Waals surface area contributed by atoms with Gasteiger partial charge in [-0.05, 0) is 22.4 Å². The van der Waals surface area contributed by atoms with Crippen LogP contribution in [0.2, 0.25) is 0 Å². The minimum Gasteiger partial charge on any atom is -0.388 e. The fourth-order valence-electron chi connectivity index (χ4n) is 1.50. The molecule has 0 saturated heterocycles. The number of aromatic nitrogens is 1. The molecule has 4 heteroatoms. The van der Waals surface area contributed by atoms with Crippen molar-refractivity contribution in [1.82, 2.24) is 4.98 Å². The molecule has 0 radical (unpaired) electrons. The van der Waals surface area contributed by atoms with E-state index in [1.165, 1.54) is 0 Å². The van der Waals surface area contributed by atoms with Crippen molar-refractivity contribution < 1.29 is 5.11 Å². The van der Waals surface area contributed by atoms with Crippen LogP contribution in [0.25, 0.3) is 0 Å². The number of thiazole rings is 1. The first-order chi connectivity index (χ1) is 7.97. The van der Waals surface area contributed by atoms with Gasteiger partial charge in [0.2, 0.25) is 0 Å². The van der Waals surface area contributed by atoms with E-state index < -0.39 is 6.10 Å². The fraction of sp³-hybridized carbons (Fsp3) is 0.462. The van der Waals surface area contributed by atoms with Crippen LogP contribution in [0.15, 0.2) is 22.2 Å². The van der Waals surface area contributed by atoms with Crippen LogP contribution in [0.1, 0.15) is 43.1 Å². The largest absolute Gasteiger partial charge is 0.388 e. The van der Waals surface area contributed by atoms with Gasteiger partial charge in [-0.1, -0.05) is 20.8 Å². The third-order valence-electron chi connectivity index (χ3n) is 2.62. The number of aliphatic hydroxyl groups is 1. The third kappa shape index (κ3) is 3.15. The SMILES string of the molecule is CC(C)(C)c1csc(CC(O)c2ccsc2)n1. The maximum atomic E-state index is 10.0. The van der Waals surface area contributed by atoms with Crippen molar-refractivity contribution in [3.8, 4) is 0 Å². The van der Waals surface area contributed by atoms with Gasteiger partial charge in [-0.25, -0.2) is 4.98 Å². The molecule has 2 rings (SSSR count). The van der Waals surface area contributed by atoms with Crippen LogP contribution in [0.5, 0.6) is 0 Å². The second-order valence-electron chi connectivity index (χ2n) is 5.15. The second-order valence-corrected chi connectivity index (χ2v) is 6.88. The molecule has 17 heavy (non-hydrogen) atoms. The van der Waals surface area contributed by atoms with Gasteiger partial charge < -0.3 is 5.11 Å². The zero-order chi connectivity index (χ0) is 12.5. The van der Waals surface area contributed by atoms with Gasteiger partial charge in [-0.2, -0.15) is 11.3 Å². The van der Waals surface area contributed by atoms with Crippen molar-refractivity contribution in [1.29, 1.82) is 0 Å². The Bertz CT molecular complexity index is 468. The van der Waals surface area contributed by atoms with Gasteiger partial charge in [0.1, 0.15) is 0 Å². The molecule has 0 aliphatic rings. The lowest BCUT2D eigenvalue weighted by Crippen LogP contribution is -2.11. The summed E-state index contributed by atoms with van der Waals surface area (Å²) in [6.45, 7) is 6.46. The van der Waals surface area contributed by atoms with Gasteiger partial charge in [0.25, 0.3) is 0 Å². The molecule has 0 aliphatic carbocycles. The number of hydrogen-bond donors (Lipinski definition) is 1. The van der Waals surface area contributed by atoms with Crippen molar-refractivity contribution in [2.75, 3.05) is 0 Å². The molecule has 1 atom stereocenters. The first kappa shape index (κ1) is 12.7. The van der Waals surface area contributed by atoms with Crippen LogP contribution in [0, 0.1) is 0 Å². The van der Waals surface area contributed by atoms with E-state index in [-0.39, 0.29) is 5.41 Å². The first-order valence-electron chi connectivity index (χ1n) is 5.62. The van der Waals surface area contributed by atoms with Crippen molar-refractivity contribution in [2.24, 2.45) is 0 Å². The molecule has 0 fully saturated rings. The van der Waals surface area contributed by atoms with Gasteiger partial charge >= 0.3 is 0 Å². The highest BCUT2D eigenvalue weighted by molar-refractivity contribution is 7.09. The topological polar surface area (TPSA) is 33.1 Å². The highest BCUT2D eigenvalue weighted by atomic mass is 32.1. The lowest BCUT2D eigenvalue weighted by atomic mass is 9.93. The van der Waals surface area contributed by atoms with Crippen LogP contribution >= 0.6 is 22.7 Å². The average Bonchev–Trinajstić information content (AvgIpc) is 2.85. The standard InChI is InChI=1S/C13H17NOS2/c1-13(2,3)11-8-17-12(14-11)6-10(15)9-4-5-16-7-9/h4-5,7-8,10,15H,6H2,1-3H3. The number of thiophene rings is 1. The smallest absolute Gasteiger partial charge is 0.0957 e. The molecule has 0 aliphatic heterocycles. The predicted molar refractivity (Wildman–Crippen MR) is 73.8 cm³/mol. The van der Waals surface area contributed by atoms with Gasteiger partial charge in [0, 0.05) is 17.2 Å². The normalized spacial score (nSPS) is 13.9. The zero-order valence-electron chi connectivity index (χ0n) is 10.3. The minimum absolute atomic E-state index is 0.0854. The van der Waals surface area contributed by atoms with E-state index in [0.717, 1.165) is 16.3 Å². The first-order valence-corrected chi connectivity index (χ1v) is 7.44. The van der Waals surface area contributed by atoms with E-state index in [9.17, 15) is 5.11 Å². The van der Waals surface area contributed by atoms with E-state index in [1.807, 2.05) is 16.8 Å². The van der Waals surface area contributed by atoms with E-state index in [0.29, 0.717) is 6.42 Å². The van der Waals surface area contributed by atoms with Crippen molar-refractivity contribution in [2.45, 2.75) is 38.7 Å². The Morgan fingerprint density at radius 2 is 2.12 bits per heavy atom. The summed E-state index contributed by atoms with van der Waals surface area (Å²) in [7, 11) is 0. The number of aliphatic hydroxyl groups excluding tert-OH is 1. The Morgan fingerprint density at radius 3 is 2.65 bits per heavy atom. The Labute approximate surface area is 110 Å². The molecule has 0 amide bonds. The molecule has 92 valence electrons. The Hall–Kier alpha value is -0.710. The minimum atomic E-state index is -0.430. The fourth-order valence-corrected chi connectivity index (χ4v) is 3.26. The molecule has 2 aromatic rings. The molecule has 1 N–H and O–H groups in total. The maximum absolute atomic E-state index is 10.0. The molecule has 2 nitrogen and oxygen atoms in total. The monoisotopic (exact) mass is 267 g/mol. The average molecular weight is 267 g/mol. The molecule has 0 aromatic carbocycles. The van der Waals surface area contributed by atoms with Crippen LogP contribution in [-0.2, 0) is 11.8 Å². The zero-order valence-corrected chi connectivity index (χ0v) is 11.9. The van der Waals surface area contributed by atoms with Crippen molar-refractivity contribution in [3.05, 3.63) is 38.5 Å². The molecule has 0 bridgehead atoms. The summed E-state index contributed by atoms with van der Waals surface area (Å²) < 4.78 is 0. The summed E-state index contributed by atoms with van der Waals surface area (Å²) in [4.78, 5) is 4.59. The molecule has 0 spiro atoms. The lowest BCUT2D eigenvalue weighted by molar-refractivity contribution is 0.178. The number of nitrogens with zero attached hydrogens (tertiary/aromatic N) is 1. The van der Waals surface area contributed by atoms with E-state index in [4.69, 9.17) is 0 Å². The summed E-state index contributed by atoms with van der Waals surface area (Å²) in [6.07, 6.45) is 0.178. The molecular weight excluding hydrogens is 250 g/mol. The maximum Gasteiger partial charge on any atom is 0.0957 e. The highest BCUT2D eigenvalue weighted by Crippen LogP contribution is 2.27. The lowest BCUT2D eigenvalue weighted by Gasteiger charge is -2.14. The highest BCUT2D eigenvalue weighted by Gasteiger charge is 2.18. The molecule has 2 heterocycles. The number of hydrogen-bond acceptors (Lipinski definition) is 4. The summed E-state index contributed by atoms with van der Waals surface area (Å²) >= 11 is 3.25. The summed E-state index contributed by atoms with van der Waals surface area (Å²) in [5, 5.41) is 17.1. The predicted octanol–water partition coefficient (Wildman–Crippen LogP) is 3.78. The van der Waals surface area contributed by atoms with Crippen LogP contribution in [0.4, 0.5) is 0 Å². The van der Waals surface area contributed by atoms with Gasteiger partial charge in [-0.15, -0.1) is 11.3 Å². The van der Waals surface area contributed by atoms with Gasteiger partial charge in [-0.3, -0.25) is 0 Å². The Morgan fingerprint density at radius 1 is 1.35 bits per heavy atom. The Balaban J connectivity index is 2.07. The van der Waals surface area contributed by atoms with Gasteiger partial charge in [0.05, 0.1) is 16.8 Å². The van der Waals surface area contributed by atoms with Crippen LogP contribution < -0.4 is 0 Å². The molecular formula is C13H17NOS2. The summed E-state index contributed by atoms with van der Waals surface area (Å²) in [6, 6.07) is 1.97. The summed E-state index contributed by atoms with van der Waals surface area (Å²) in [5.41, 5.74) is 2.18. The second kappa shape index (κ2) is 4.88. The van der Waals surface area contributed by atoms with Crippen molar-refractivity contribution in [3.63, 3.8) is 0 Å².